The van der Waals surface area contributed by atoms with Gasteiger partial charge in [-0.15, -0.1) is 0 Å². The Morgan fingerprint density at radius 2 is 2.45 bits per heavy atom. The molecule has 1 rings (SSSR count). The molecule has 1 aliphatic heterocycles. The Bertz CT molecular complexity index is 169. The minimum Gasteiger partial charge on any atom is -0.365 e. The maximum atomic E-state index is 8.76. The van der Waals surface area contributed by atoms with Crippen LogP contribution in [0, 0.1) is 11.3 Å². The van der Waals surface area contributed by atoms with Gasteiger partial charge in [0.15, 0.2) is 6.10 Å². The van der Waals surface area contributed by atoms with E-state index in [2.05, 4.69) is 13.0 Å². The van der Waals surface area contributed by atoms with Crippen molar-refractivity contribution in [3.63, 3.8) is 0 Å². The third-order valence-electron chi connectivity index (χ3n) is 2.16. The van der Waals surface area contributed by atoms with Gasteiger partial charge in [0.2, 0.25) is 0 Å². The van der Waals surface area contributed by atoms with Crippen molar-refractivity contribution in [1.82, 2.24) is 0 Å². The fourth-order valence-electron chi connectivity index (χ4n) is 1.45. The molecule has 0 aliphatic carbocycles. The fraction of sp³-hybridized carbons (Fsp3) is 0.875. The van der Waals surface area contributed by atoms with E-state index in [-0.39, 0.29) is 10.9 Å². The van der Waals surface area contributed by atoms with Crippen molar-refractivity contribution in [3.8, 4) is 6.07 Å². The van der Waals surface area contributed by atoms with Crippen LogP contribution in [0.2, 0.25) is 0 Å². The molecule has 0 aromatic heterocycles. The van der Waals surface area contributed by atoms with Gasteiger partial charge in [0.05, 0.1) is 10.8 Å². The number of rotatable bonds is 2. The predicted molar refractivity (Wildman–Crippen MR) is 46.5 cm³/mol. The van der Waals surface area contributed by atoms with E-state index >= 15 is 0 Å². The average molecular weight is 171 g/mol. The van der Waals surface area contributed by atoms with Gasteiger partial charge in [-0.2, -0.15) is 17.0 Å². The summed E-state index contributed by atoms with van der Waals surface area (Å²) in [5.74, 6) is 1.16. The van der Waals surface area contributed by atoms with E-state index in [0.717, 1.165) is 12.2 Å². The summed E-state index contributed by atoms with van der Waals surface area (Å²) in [5, 5.41) is 8.76. The van der Waals surface area contributed by atoms with Gasteiger partial charge in [-0.25, -0.2) is 0 Å². The van der Waals surface area contributed by atoms with E-state index in [4.69, 9.17) is 10.00 Å². The lowest BCUT2D eigenvalue weighted by atomic mass is 10.00. The summed E-state index contributed by atoms with van der Waals surface area (Å²) in [6.45, 7) is 2.11. The fourth-order valence-corrected chi connectivity index (χ4v) is 2.79. The largest absolute Gasteiger partial charge is 0.365 e. The predicted octanol–water partition coefficient (Wildman–Crippen LogP) is 1.81. The normalized spacial score (nSPS) is 33.2. The molecule has 0 aromatic carbocycles. The molecule has 2 atom stereocenters. The Morgan fingerprint density at radius 3 is 2.82 bits per heavy atom. The number of ether oxygens (including phenoxy) is 1. The Balaban J connectivity index is 2.62. The molecule has 0 spiro atoms. The molecule has 0 bridgehead atoms. The van der Waals surface area contributed by atoms with Crippen LogP contribution in [-0.4, -0.2) is 23.7 Å². The first-order valence-corrected chi connectivity index (χ1v) is 4.78. The van der Waals surface area contributed by atoms with Crippen LogP contribution in [0.5, 0.6) is 0 Å². The third kappa shape index (κ3) is 1.69. The topological polar surface area (TPSA) is 33.0 Å². The van der Waals surface area contributed by atoms with Crippen LogP contribution in [0.25, 0.3) is 0 Å². The maximum Gasteiger partial charge on any atom is 0.157 e. The molecule has 0 aromatic rings. The first kappa shape index (κ1) is 8.89. The molecule has 2 nitrogen and oxygen atoms in total. The zero-order valence-corrected chi connectivity index (χ0v) is 7.78. The van der Waals surface area contributed by atoms with Crippen molar-refractivity contribution in [2.75, 3.05) is 12.9 Å². The molecular formula is C8H13NOS. The standard InChI is InChI=1S/C8H13NOS/c1-8(4-3-5-11-8)7(6-9)10-2/h7H,3-5H2,1-2H3. The smallest absolute Gasteiger partial charge is 0.157 e. The van der Waals surface area contributed by atoms with Crippen LogP contribution >= 0.6 is 11.8 Å². The molecule has 1 fully saturated rings. The van der Waals surface area contributed by atoms with Gasteiger partial charge >= 0.3 is 0 Å². The summed E-state index contributed by atoms with van der Waals surface area (Å²) in [5.41, 5.74) is 0. The SMILES string of the molecule is COC(C#N)C1(C)CCCS1. The van der Waals surface area contributed by atoms with E-state index in [0.29, 0.717) is 0 Å². The van der Waals surface area contributed by atoms with Crippen molar-refractivity contribution in [2.45, 2.75) is 30.6 Å². The van der Waals surface area contributed by atoms with E-state index in [1.54, 1.807) is 7.11 Å². The number of nitrogens with zero attached hydrogens (tertiary/aromatic N) is 1. The zero-order chi connectivity index (χ0) is 8.32. The first-order valence-electron chi connectivity index (χ1n) is 3.79. The minimum absolute atomic E-state index is 0.0451. The number of hydrogen-bond acceptors (Lipinski definition) is 3. The lowest BCUT2D eigenvalue weighted by Crippen LogP contribution is -2.33. The Hall–Kier alpha value is -0.200. The number of thioether (sulfide) groups is 1. The monoisotopic (exact) mass is 171 g/mol. The summed E-state index contributed by atoms with van der Waals surface area (Å²) in [6, 6.07) is 2.19. The van der Waals surface area contributed by atoms with Gasteiger partial charge < -0.3 is 4.74 Å². The van der Waals surface area contributed by atoms with Crippen LogP contribution in [0.15, 0.2) is 0 Å². The van der Waals surface area contributed by atoms with E-state index in [1.165, 1.54) is 6.42 Å². The van der Waals surface area contributed by atoms with Crippen molar-refractivity contribution in [1.29, 1.82) is 5.26 Å². The van der Waals surface area contributed by atoms with Crippen LogP contribution in [-0.2, 0) is 4.74 Å². The summed E-state index contributed by atoms with van der Waals surface area (Å²) < 4.78 is 5.15. The van der Waals surface area contributed by atoms with Gasteiger partial charge in [-0.1, -0.05) is 0 Å². The second kappa shape index (κ2) is 3.46. The average Bonchev–Trinajstić information content (AvgIpc) is 2.39. The summed E-state index contributed by atoms with van der Waals surface area (Å²) in [6.07, 6.45) is 2.07. The lowest BCUT2D eigenvalue weighted by molar-refractivity contribution is 0.116. The van der Waals surface area contributed by atoms with Crippen molar-refractivity contribution < 1.29 is 4.74 Å². The minimum atomic E-state index is -0.241. The first-order chi connectivity index (χ1) is 5.23. The molecule has 1 aliphatic rings. The van der Waals surface area contributed by atoms with Crippen LogP contribution < -0.4 is 0 Å². The highest BCUT2D eigenvalue weighted by Gasteiger charge is 2.38. The second-order valence-corrected chi connectivity index (χ2v) is 4.64. The van der Waals surface area contributed by atoms with Gasteiger partial charge in [0.1, 0.15) is 0 Å². The van der Waals surface area contributed by atoms with Gasteiger partial charge in [0, 0.05) is 7.11 Å². The number of nitriles is 1. The number of methoxy groups -OCH3 is 1. The molecule has 2 unspecified atom stereocenters. The van der Waals surface area contributed by atoms with Crippen molar-refractivity contribution in [3.05, 3.63) is 0 Å². The summed E-state index contributed by atoms with van der Waals surface area (Å²) >= 11 is 1.85. The molecule has 0 N–H and O–H groups in total. The zero-order valence-electron chi connectivity index (χ0n) is 6.96. The van der Waals surface area contributed by atoms with Crippen LogP contribution in [0.1, 0.15) is 19.8 Å². The molecular weight excluding hydrogens is 158 g/mol. The van der Waals surface area contributed by atoms with Gasteiger partial charge in [-0.05, 0) is 25.5 Å². The van der Waals surface area contributed by atoms with Crippen molar-refractivity contribution in [2.24, 2.45) is 0 Å². The maximum absolute atomic E-state index is 8.76. The van der Waals surface area contributed by atoms with E-state index in [9.17, 15) is 0 Å². The Labute approximate surface area is 71.9 Å². The van der Waals surface area contributed by atoms with E-state index < -0.39 is 0 Å². The lowest BCUT2D eigenvalue weighted by Gasteiger charge is -2.26. The van der Waals surface area contributed by atoms with Gasteiger partial charge in [0.25, 0.3) is 0 Å². The molecule has 0 amide bonds. The molecule has 3 heteroatoms. The molecule has 11 heavy (non-hydrogen) atoms. The molecule has 62 valence electrons. The Morgan fingerprint density at radius 1 is 1.73 bits per heavy atom. The Kier molecular flexibility index (Phi) is 2.80. The van der Waals surface area contributed by atoms with Crippen LogP contribution in [0.3, 0.4) is 0 Å². The molecule has 1 saturated heterocycles. The highest BCUT2D eigenvalue weighted by Crippen LogP contribution is 2.41. The number of hydrogen-bond donors (Lipinski definition) is 0. The highest BCUT2D eigenvalue weighted by atomic mass is 32.2. The highest BCUT2D eigenvalue weighted by molar-refractivity contribution is 8.00. The quantitative estimate of drug-likeness (QED) is 0.635. The molecule has 1 heterocycles. The molecule has 0 saturated carbocycles. The molecule has 0 radical (unpaired) electrons. The summed E-state index contributed by atoms with van der Waals surface area (Å²) in [4.78, 5) is 0. The third-order valence-corrected chi connectivity index (χ3v) is 3.73. The van der Waals surface area contributed by atoms with Gasteiger partial charge in [-0.3, -0.25) is 0 Å². The van der Waals surface area contributed by atoms with E-state index in [1.807, 2.05) is 11.8 Å². The second-order valence-electron chi connectivity index (χ2n) is 3.01. The summed E-state index contributed by atoms with van der Waals surface area (Å²) in [7, 11) is 1.61. The van der Waals surface area contributed by atoms with Crippen molar-refractivity contribution >= 4 is 11.8 Å². The van der Waals surface area contributed by atoms with Crippen LogP contribution in [0.4, 0.5) is 0 Å².